The summed E-state index contributed by atoms with van der Waals surface area (Å²) >= 11 is 0. The maximum atomic E-state index is 13.1. The molecular formula is C19H17F4NO5. The lowest BCUT2D eigenvalue weighted by Crippen LogP contribution is -2.18. The highest BCUT2D eigenvalue weighted by Gasteiger charge is 2.31. The van der Waals surface area contributed by atoms with E-state index in [1.807, 2.05) is 6.79 Å². The monoisotopic (exact) mass is 415 g/mol. The zero-order valence-corrected chi connectivity index (χ0v) is 15.3. The second kappa shape index (κ2) is 10.2. The van der Waals surface area contributed by atoms with Gasteiger partial charge in [-0.3, -0.25) is 4.79 Å². The molecule has 0 radical (unpaired) electrons. The number of alkyl halides is 3. The van der Waals surface area contributed by atoms with Crippen LogP contribution < -0.4 is 10.1 Å². The predicted molar refractivity (Wildman–Crippen MR) is 96.9 cm³/mol. The van der Waals surface area contributed by atoms with Gasteiger partial charge >= 0.3 is 6.36 Å². The van der Waals surface area contributed by atoms with Crippen LogP contribution in [0.25, 0.3) is 22.3 Å². The molecule has 10 heteroatoms. The molecule has 0 aliphatic heterocycles. The minimum atomic E-state index is -4.86. The molecule has 0 aliphatic rings. The molecule has 0 saturated carbocycles. The Morgan fingerprint density at radius 2 is 1.69 bits per heavy atom. The van der Waals surface area contributed by atoms with Crippen LogP contribution in [0.4, 0.5) is 17.6 Å². The number of rotatable bonds is 3. The van der Waals surface area contributed by atoms with Crippen LogP contribution in [0.2, 0.25) is 0 Å². The van der Waals surface area contributed by atoms with Crippen molar-refractivity contribution >= 4 is 23.7 Å². The lowest BCUT2D eigenvalue weighted by Gasteiger charge is -2.08. The minimum Gasteiger partial charge on any atom is -0.455 e. The lowest BCUT2D eigenvalue weighted by atomic mass is 10.0. The third-order valence-electron chi connectivity index (χ3n) is 3.45. The van der Waals surface area contributed by atoms with Crippen molar-refractivity contribution in [3.63, 3.8) is 0 Å². The Bertz CT molecular complexity index is 952. The Morgan fingerprint density at radius 1 is 1.10 bits per heavy atom. The van der Waals surface area contributed by atoms with Crippen molar-refractivity contribution in [2.75, 3.05) is 14.2 Å². The molecule has 2 N–H and O–H groups in total. The van der Waals surface area contributed by atoms with Gasteiger partial charge in [-0.1, -0.05) is 0 Å². The molecule has 0 fully saturated rings. The van der Waals surface area contributed by atoms with Crippen LogP contribution in [0.1, 0.15) is 10.4 Å². The highest BCUT2D eigenvalue weighted by atomic mass is 19.4. The molecule has 0 atom stereocenters. The third-order valence-corrected chi connectivity index (χ3v) is 3.45. The number of fused-ring (bicyclic) bond motifs is 1. The maximum Gasteiger partial charge on any atom is 0.573 e. The summed E-state index contributed by atoms with van der Waals surface area (Å²) < 4.78 is 59.9. The van der Waals surface area contributed by atoms with Crippen LogP contribution >= 0.6 is 0 Å². The van der Waals surface area contributed by atoms with E-state index in [9.17, 15) is 22.4 Å². The Hall–Kier alpha value is -3.40. The molecule has 0 bridgehead atoms. The summed E-state index contributed by atoms with van der Waals surface area (Å²) in [5.74, 6) is -1.38. The molecule has 1 amide bonds. The summed E-state index contributed by atoms with van der Waals surface area (Å²) in [4.78, 5) is 20.2. The largest absolute Gasteiger partial charge is 0.573 e. The van der Waals surface area contributed by atoms with Gasteiger partial charge in [0.25, 0.3) is 5.91 Å². The van der Waals surface area contributed by atoms with Crippen molar-refractivity contribution in [1.29, 1.82) is 0 Å². The fraction of sp³-hybridized carbons (Fsp3) is 0.158. The van der Waals surface area contributed by atoms with E-state index in [0.29, 0.717) is 5.56 Å². The van der Waals surface area contributed by atoms with Gasteiger partial charge in [0.1, 0.15) is 29.7 Å². The lowest BCUT2D eigenvalue weighted by molar-refractivity contribution is -0.274. The van der Waals surface area contributed by atoms with Gasteiger partial charge in [-0.15, -0.1) is 13.2 Å². The first-order chi connectivity index (χ1) is 13.8. The van der Waals surface area contributed by atoms with Crippen molar-refractivity contribution in [3.05, 3.63) is 53.8 Å². The summed E-state index contributed by atoms with van der Waals surface area (Å²) in [6, 6.07) is 8.63. The van der Waals surface area contributed by atoms with Gasteiger partial charge in [-0.05, 0) is 42.5 Å². The zero-order chi connectivity index (χ0) is 22.2. The summed E-state index contributed by atoms with van der Waals surface area (Å²) in [7, 11) is 2.38. The average Bonchev–Trinajstić information content (AvgIpc) is 3.08. The number of benzene rings is 2. The van der Waals surface area contributed by atoms with E-state index in [-0.39, 0.29) is 22.3 Å². The number of hydrogen-bond donors (Lipinski definition) is 2. The number of nitrogens with one attached hydrogen (secondary N) is 1. The van der Waals surface area contributed by atoms with Gasteiger partial charge in [-0.25, -0.2) is 4.39 Å². The van der Waals surface area contributed by atoms with Crippen LogP contribution in [-0.2, 0) is 4.79 Å². The van der Waals surface area contributed by atoms with Gasteiger partial charge < -0.3 is 24.4 Å². The van der Waals surface area contributed by atoms with Gasteiger partial charge in [0.15, 0.2) is 0 Å². The van der Waals surface area contributed by atoms with E-state index in [1.165, 1.54) is 37.4 Å². The normalized spacial score (nSPS) is 10.3. The quantitative estimate of drug-likeness (QED) is 0.633. The predicted octanol–water partition coefficient (Wildman–Crippen LogP) is 3.92. The number of aliphatic hydroxyl groups is 1. The number of aliphatic hydroxyl groups excluding tert-OH is 1. The molecule has 0 unspecified atom stereocenters. The van der Waals surface area contributed by atoms with E-state index in [1.54, 1.807) is 0 Å². The van der Waals surface area contributed by atoms with Crippen LogP contribution in [0.15, 0.2) is 46.9 Å². The topological polar surface area (TPSA) is 88.8 Å². The fourth-order valence-electron chi connectivity index (χ4n) is 2.43. The Balaban J connectivity index is 0.000000989. The van der Waals surface area contributed by atoms with E-state index in [2.05, 4.69) is 10.1 Å². The molecule has 1 aromatic heterocycles. The molecule has 2 aromatic carbocycles. The first-order valence-electron chi connectivity index (χ1n) is 7.82. The third kappa shape index (κ3) is 5.79. The van der Waals surface area contributed by atoms with Crippen LogP contribution in [-0.4, -0.2) is 38.3 Å². The second-order valence-electron chi connectivity index (χ2n) is 5.10. The number of ether oxygens (including phenoxy) is 1. The summed E-state index contributed by atoms with van der Waals surface area (Å²) in [5, 5.41) is 9.57. The average molecular weight is 415 g/mol. The van der Waals surface area contributed by atoms with Crippen molar-refractivity contribution in [1.82, 2.24) is 5.32 Å². The second-order valence-corrected chi connectivity index (χ2v) is 5.10. The van der Waals surface area contributed by atoms with E-state index >= 15 is 0 Å². The van der Waals surface area contributed by atoms with Crippen molar-refractivity contribution in [3.8, 4) is 17.1 Å². The van der Waals surface area contributed by atoms with E-state index in [4.69, 9.17) is 14.3 Å². The molecule has 156 valence electrons. The number of amides is 1. The van der Waals surface area contributed by atoms with Gasteiger partial charge in [0.2, 0.25) is 0 Å². The van der Waals surface area contributed by atoms with Crippen LogP contribution in [0.5, 0.6) is 5.75 Å². The SMILES string of the molecule is C=O.CNC(=O)c1c(-c2ccc(F)cc2)oc2ccc(OC(F)(F)F)cc12.CO. The Labute approximate surface area is 162 Å². The molecule has 29 heavy (non-hydrogen) atoms. The molecular weight excluding hydrogens is 398 g/mol. The van der Waals surface area contributed by atoms with Crippen LogP contribution in [0, 0.1) is 5.82 Å². The number of furan rings is 1. The Morgan fingerprint density at radius 3 is 2.21 bits per heavy atom. The molecule has 3 aromatic rings. The molecule has 6 nitrogen and oxygen atoms in total. The number of carbonyl (C=O) groups is 2. The number of carbonyl (C=O) groups excluding carboxylic acids is 2. The first-order valence-corrected chi connectivity index (χ1v) is 7.82. The molecule has 1 heterocycles. The van der Waals surface area contributed by atoms with Gasteiger partial charge in [0.05, 0.1) is 5.56 Å². The smallest absolute Gasteiger partial charge is 0.455 e. The van der Waals surface area contributed by atoms with Gasteiger partial charge in [-0.2, -0.15) is 0 Å². The highest BCUT2D eigenvalue weighted by molar-refractivity contribution is 6.11. The molecule has 0 spiro atoms. The van der Waals surface area contributed by atoms with E-state index < -0.39 is 23.8 Å². The molecule has 0 aliphatic carbocycles. The zero-order valence-electron chi connectivity index (χ0n) is 15.3. The summed E-state index contributed by atoms with van der Waals surface area (Å²) in [6.07, 6.45) is -4.86. The van der Waals surface area contributed by atoms with Gasteiger partial charge in [0, 0.05) is 25.1 Å². The maximum absolute atomic E-state index is 13.1. The first kappa shape index (κ1) is 23.6. The summed E-state index contributed by atoms with van der Waals surface area (Å²) in [6.45, 7) is 2.00. The number of halogens is 4. The summed E-state index contributed by atoms with van der Waals surface area (Å²) in [5.41, 5.74) is 0.652. The fourth-order valence-corrected chi connectivity index (χ4v) is 2.43. The minimum absolute atomic E-state index is 0.0386. The standard InChI is InChI=1S/C17H11F4NO3.CH4O.CH2O/c1-22-16(23)14-12-8-11(25-17(19,20)21)6-7-13(12)24-15(14)9-2-4-10(18)5-3-9;2*1-2/h2-8H,1H3,(H,22,23);2H,1H3;1H2. The molecule has 3 rings (SSSR count). The number of hydrogen-bond acceptors (Lipinski definition) is 5. The Kier molecular flexibility index (Phi) is 8.34. The van der Waals surface area contributed by atoms with Crippen molar-refractivity contribution in [2.45, 2.75) is 6.36 Å². The van der Waals surface area contributed by atoms with E-state index in [0.717, 1.165) is 19.2 Å². The van der Waals surface area contributed by atoms with Crippen molar-refractivity contribution < 1.29 is 41.4 Å². The molecule has 0 saturated heterocycles. The highest BCUT2D eigenvalue weighted by Crippen LogP contribution is 2.36. The van der Waals surface area contributed by atoms with Crippen LogP contribution in [0.3, 0.4) is 0 Å². The van der Waals surface area contributed by atoms with Crippen molar-refractivity contribution in [2.24, 2.45) is 0 Å².